The van der Waals surface area contributed by atoms with Crippen molar-refractivity contribution >= 4 is 16.8 Å². The van der Waals surface area contributed by atoms with E-state index in [9.17, 15) is 4.79 Å². The molecule has 0 aliphatic carbocycles. The monoisotopic (exact) mass is 414 g/mol. The van der Waals surface area contributed by atoms with E-state index in [-0.39, 0.29) is 11.9 Å². The molecule has 1 saturated heterocycles. The summed E-state index contributed by atoms with van der Waals surface area (Å²) in [6, 6.07) is 21.8. The number of hydrogen-bond donors (Lipinski definition) is 1. The third-order valence-electron chi connectivity index (χ3n) is 5.62. The van der Waals surface area contributed by atoms with Crippen LogP contribution < -0.4 is 10.1 Å². The van der Waals surface area contributed by atoms with E-state index in [1.54, 1.807) is 12.0 Å². The standard InChI is InChI=1S/C24H22N4O3/c1-30-21-12-5-4-11-20(21)22-26-23(31-27-22)18-14-28(15-18)24(29)25-13-17-9-6-8-16-7-2-3-10-19(16)17/h2-12,18H,13-15H2,1H3,(H,25,29). The van der Waals surface area contributed by atoms with Gasteiger partial charge in [-0.1, -0.05) is 59.8 Å². The predicted octanol–water partition coefficient (Wildman–Crippen LogP) is 4.21. The van der Waals surface area contributed by atoms with E-state index in [0.29, 0.717) is 37.1 Å². The van der Waals surface area contributed by atoms with Crippen LogP contribution in [0.2, 0.25) is 0 Å². The molecule has 3 aromatic carbocycles. The number of nitrogens with zero attached hydrogens (tertiary/aromatic N) is 3. The molecule has 7 heteroatoms. The van der Waals surface area contributed by atoms with Crippen molar-refractivity contribution in [3.8, 4) is 17.1 Å². The van der Waals surface area contributed by atoms with Gasteiger partial charge in [0.2, 0.25) is 11.7 Å². The number of carbonyl (C=O) groups is 1. The second kappa shape index (κ2) is 8.10. The number of rotatable bonds is 5. The van der Waals surface area contributed by atoms with Gasteiger partial charge in [0.25, 0.3) is 0 Å². The van der Waals surface area contributed by atoms with Crippen molar-refractivity contribution in [3.05, 3.63) is 78.2 Å². The molecule has 2 heterocycles. The second-order valence-electron chi connectivity index (χ2n) is 7.56. The molecule has 1 fully saturated rings. The Morgan fingerprint density at radius 2 is 1.87 bits per heavy atom. The lowest BCUT2D eigenvalue weighted by Crippen LogP contribution is -2.52. The van der Waals surface area contributed by atoms with Gasteiger partial charge in [0.15, 0.2) is 0 Å². The summed E-state index contributed by atoms with van der Waals surface area (Å²) in [4.78, 5) is 18.8. The van der Waals surface area contributed by atoms with E-state index in [1.807, 2.05) is 48.5 Å². The molecule has 31 heavy (non-hydrogen) atoms. The fourth-order valence-corrected chi connectivity index (χ4v) is 3.87. The maximum absolute atomic E-state index is 12.6. The van der Waals surface area contributed by atoms with Gasteiger partial charge in [0, 0.05) is 19.6 Å². The van der Waals surface area contributed by atoms with E-state index in [0.717, 1.165) is 16.5 Å². The van der Waals surface area contributed by atoms with Crippen LogP contribution in [0.1, 0.15) is 17.4 Å². The molecule has 5 rings (SSSR count). The first-order chi connectivity index (χ1) is 15.2. The number of ether oxygens (including phenoxy) is 1. The molecule has 0 unspecified atom stereocenters. The molecular weight excluding hydrogens is 392 g/mol. The lowest BCUT2D eigenvalue weighted by Gasteiger charge is -2.36. The number of fused-ring (bicyclic) bond motifs is 1. The number of para-hydroxylation sites is 1. The summed E-state index contributed by atoms with van der Waals surface area (Å²) < 4.78 is 10.8. The number of aromatic nitrogens is 2. The van der Waals surface area contributed by atoms with Crippen molar-refractivity contribution in [1.29, 1.82) is 0 Å². The van der Waals surface area contributed by atoms with Crippen molar-refractivity contribution in [3.63, 3.8) is 0 Å². The molecule has 1 aliphatic rings. The fourth-order valence-electron chi connectivity index (χ4n) is 3.87. The molecule has 1 N–H and O–H groups in total. The highest BCUT2D eigenvalue weighted by atomic mass is 16.5. The minimum atomic E-state index is -0.0892. The number of carbonyl (C=O) groups excluding carboxylic acids is 1. The number of hydrogen-bond acceptors (Lipinski definition) is 5. The minimum absolute atomic E-state index is 0.0410. The largest absolute Gasteiger partial charge is 0.496 e. The van der Waals surface area contributed by atoms with Crippen LogP contribution in [0.25, 0.3) is 22.2 Å². The summed E-state index contributed by atoms with van der Waals surface area (Å²) >= 11 is 0. The Hall–Kier alpha value is -3.87. The minimum Gasteiger partial charge on any atom is -0.496 e. The van der Waals surface area contributed by atoms with Crippen LogP contribution in [0.15, 0.2) is 71.3 Å². The summed E-state index contributed by atoms with van der Waals surface area (Å²) in [5.74, 6) is 1.77. The van der Waals surface area contributed by atoms with Crippen LogP contribution in [0.3, 0.4) is 0 Å². The highest BCUT2D eigenvalue weighted by Gasteiger charge is 2.35. The summed E-state index contributed by atoms with van der Waals surface area (Å²) in [5.41, 5.74) is 1.88. The summed E-state index contributed by atoms with van der Waals surface area (Å²) in [7, 11) is 1.61. The zero-order valence-electron chi connectivity index (χ0n) is 17.1. The number of amides is 2. The second-order valence-corrected chi connectivity index (χ2v) is 7.56. The van der Waals surface area contributed by atoms with Crippen LogP contribution >= 0.6 is 0 Å². The van der Waals surface area contributed by atoms with Gasteiger partial charge in [-0.3, -0.25) is 0 Å². The van der Waals surface area contributed by atoms with Crippen molar-refractivity contribution < 1.29 is 14.1 Å². The first-order valence-corrected chi connectivity index (χ1v) is 10.2. The quantitative estimate of drug-likeness (QED) is 0.529. The van der Waals surface area contributed by atoms with E-state index in [4.69, 9.17) is 9.26 Å². The van der Waals surface area contributed by atoms with Gasteiger partial charge < -0.3 is 19.5 Å². The van der Waals surface area contributed by atoms with Gasteiger partial charge in [0.05, 0.1) is 18.6 Å². The zero-order valence-corrected chi connectivity index (χ0v) is 17.1. The zero-order chi connectivity index (χ0) is 21.2. The van der Waals surface area contributed by atoms with Gasteiger partial charge in [-0.2, -0.15) is 4.98 Å². The third kappa shape index (κ3) is 3.70. The Balaban J connectivity index is 1.19. The van der Waals surface area contributed by atoms with Crippen LogP contribution in [0, 0.1) is 0 Å². The Kier molecular flexibility index (Phi) is 5.00. The SMILES string of the molecule is COc1ccccc1-c1noc(C2CN(C(=O)NCc3cccc4ccccc34)C2)n1. The Bertz CT molecular complexity index is 1220. The van der Waals surface area contributed by atoms with E-state index < -0.39 is 0 Å². The Labute approximate surface area is 179 Å². The fraction of sp³-hybridized carbons (Fsp3) is 0.208. The van der Waals surface area contributed by atoms with Gasteiger partial charge in [0.1, 0.15) is 5.75 Å². The molecule has 0 atom stereocenters. The summed E-state index contributed by atoms with van der Waals surface area (Å²) in [5, 5.41) is 9.42. The van der Waals surface area contributed by atoms with Gasteiger partial charge in [-0.05, 0) is 28.5 Å². The van der Waals surface area contributed by atoms with Crippen LogP contribution in [0.4, 0.5) is 4.79 Å². The highest BCUT2D eigenvalue weighted by Crippen LogP contribution is 2.31. The molecule has 0 bridgehead atoms. The molecule has 2 amide bonds. The molecular formula is C24H22N4O3. The first kappa shape index (κ1) is 19.1. The molecule has 4 aromatic rings. The number of methoxy groups -OCH3 is 1. The maximum atomic E-state index is 12.6. The number of likely N-dealkylation sites (tertiary alicyclic amines) is 1. The summed E-state index contributed by atoms with van der Waals surface area (Å²) in [6.45, 7) is 1.59. The maximum Gasteiger partial charge on any atom is 0.317 e. The normalized spacial score (nSPS) is 13.8. The average molecular weight is 414 g/mol. The van der Waals surface area contributed by atoms with Gasteiger partial charge >= 0.3 is 6.03 Å². The van der Waals surface area contributed by atoms with Crippen molar-refractivity contribution in [1.82, 2.24) is 20.4 Å². The van der Waals surface area contributed by atoms with E-state index in [1.165, 1.54) is 5.39 Å². The van der Waals surface area contributed by atoms with Crippen molar-refractivity contribution in [2.75, 3.05) is 20.2 Å². The van der Waals surface area contributed by atoms with Gasteiger partial charge in [-0.15, -0.1) is 0 Å². The molecule has 0 saturated carbocycles. The topological polar surface area (TPSA) is 80.5 Å². The number of urea groups is 1. The third-order valence-corrected chi connectivity index (χ3v) is 5.62. The molecule has 1 aromatic heterocycles. The summed E-state index contributed by atoms with van der Waals surface area (Å²) in [6.07, 6.45) is 0. The van der Waals surface area contributed by atoms with Gasteiger partial charge in [-0.25, -0.2) is 4.79 Å². The van der Waals surface area contributed by atoms with Crippen molar-refractivity contribution in [2.24, 2.45) is 0 Å². The number of benzene rings is 3. The predicted molar refractivity (Wildman–Crippen MR) is 117 cm³/mol. The molecule has 0 radical (unpaired) electrons. The molecule has 156 valence electrons. The lowest BCUT2D eigenvalue weighted by atomic mass is 10.0. The van der Waals surface area contributed by atoms with Crippen molar-refractivity contribution in [2.45, 2.75) is 12.5 Å². The first-order valence-electron chi connectivity index (χ1n) is 10.2. The van der Waals surface area contributed by atoms with E-state index in [2.05, 4.69) is 33.7 Å². The van der Waals surface area contributed by atoms with Crippen LogP contribution in [0.5, 0.6) is 5.75 Å². The number of nitrogens with one attached hydrogen (secondary N) is 1. The molecule has 0 spiro atoms. The van der Waals surface area contributed by atoms with E-state index >= 15 is 0 Å². The van der Waals surface area contributed by atoms with Crippen LogP contribution in [-0.2, 0) is 6.54 Å². The Morgan fingerprint density at radius 3 is 2.74 bits per heavy atom. The molecule has 7 nitrogen and oxygen atoms in total. The average Bonchev–Trinajstić information content (AvgIpc) is 3.26. The van der Waals surface area contributed by atoms with Crippen LogP contribution in [-0.4, -0.2) is 41.3 Å². The Morgan fingerprint density at radius 1 is 1.10 bits per heavy atom. The smallest absolute Gasteiger partial charge is 0.317 e. The highest BCUT2D eigenvalue weighted by molar-refractivity contribution is 5.86. The molecule has 1 aliphatic heterocycles. The lowest BCUT2D eigenvalue weighted by molar-refractivity contribution is 0.136.